The number of nitrogens with zero attached hydrogens (tertiary/aromatic N) is 1. The average molecular weight is 354 g/mol. The molecule has 0 heterocycles. The summed E-state index contributed by atoms with van der Waals surface area (Å²) in [6, 6.07) is 0.464. The topological polar surface area (TPSA) is 55.3 Å². The molecule has 0 rings (SSSR count). The molecule has 0 fully saturated rings. The van der Waals surface area contributed by atoms with Crippen molar-refractivity contribution in [2.24, 2.45) is 11.5 Å². The molecule has 2 unspecified atom stereocenters. The summed E-state index contributed by atoms with van der Waals surface area (Å²) >= 11 is 0. The number of unbranched alkanes of at least 4 members (excludes halogenated alkanes) is 10. The molecule has 0 radical (unpaired) electrons. The highest BCUT2D eigenvalue weighted by molar-refractivity contribution is 4.81. The molecule has 25 heavy (non-hydrogen) atoms. The van der Waals surface area contributed by atoms with Gasteiger partial charge in [-0.05, 0) is 52.5 Å². The van der Waals surface area contributed by atoms with Gasteiger partial charge >= 0.3 is 0 Å². The Bertz CT molecular complexity index is 277. The van der Waals surface area contributed by atoms with Gasteiger partial charge in [-0.1, -0.05) is 64.0 Å². The molecule has 3 heteroatoms. The van der Waals surface area contributed by atoms with Crippen LogP contribution in [-0.4, -0.2) is 36.6 Å². The minimum Gasteiger partial charge on any atom is -0.327 e. The largest absolute Gasteiger partial charge is 0.327 e. The molecule has 0 spiro atoms. The Hall–Kier alpha value is -0.380. The minimum atomic E-state index is 0.232. The predicted octanol–water partition coefficient (Wildman–Crippen LogP) is 5.24. The molecule has 0 aliphatic rings. The van der Waals surface area contributed by atoms with Gasteiger partial charge in [0.05, 0.1) is 0 Å². The molecular formula is C22H47N3. The summed E-state index contributed by atoms with van der Waals surface area (Å²) in [7, 11) is 0. The smallest absolute Gasteiger partial charge is 0.0139 e. The molecule has 0 amide bonds. The van der Waals surface area contributed by atoms with Gasteiger partial charge in [0.15, 0.2) is 0 Å². The van der Waals surface area contributed by atoms with Gasteiger partial charge in [0.25, 0.3) is 0 Å². The van der Waals surface area contributed by atoms with Crippen LogP contribution in [0.5, 0.6) is 0 Å². The summed E-state index contributed by atoms with van der Waals surface area (Å²) in [6.07, 6.45) is 20.9. The van der Waals surface area contributed by atoms with Crippen LogP contribution in [-0.2, 0) is 0 Å². The molecular weight excluding hydrogens is 306 g/mol. The van der Waals surface area contributed by atoms with Gasteiger partial charge in [0.2, 0.25) is 0 Å². The quantitative estimate of drug-likeness (QED) is 0.262. The van der Waals surface area contributed by atoms with Crippen molar-refractivity contribution in [1.29, 1.82) is 0 Å². The molecule has 0 saturated carbocycles. The van der Waals surface area contributed by atoms with Crippen LogP contribution in [0.15, 0.2) is 12.2 Å². The van der Waals surface area contributed by atoms with Gasteiger partial charge in [-0.25, -0.2) is 0 Å². The third kappa shape index (κ3) is 19.8. The van der Waals surface area contributed by atoms with Crippen molar-refractivity contribution < 1.29 is 0 Å². The fourth-order valence-electron chi connectivity index (χ4n) is 3.30. The Morgan fingerprint density at radius 2 is 1.12 bits per heavy atom. The summed E-state index contributed by atoms with van der Waals surface area (Å²) in [5.74, 6) is 0. The molecule has 0 aromatic carbocycles. The van der Waals surface area contributed by atoms with Gasteiger partial charge < -0.3 is 16.4 Å². The van der Waals surface area contributed by atoms with Crippen molar-refractivity contribution in [3.8, 4) is 0 Å². The number of nitrogens with two attached hydrogens (primary N) is 2. The molecule has 0 saturated heterocycles. The molecule has 0 aromatic heterocycles. The van der Waals surface area contributed by atoms with E-state index in [1.807, 2.05) is 0 Å². The highest BCUT2D eigenvalue weighted by atomic mass is 15.1. The minimum absolute atomic E-state index is 0.232. The first-order valence-electron chi connectivity index (χ1n) is 10.9. The SMILES string of the molecule is CCCCCCCC/C=C/CCCCCCN(CC(C)N)CC(C)N. The van der Waals surface area contributed by atoms with Crippen LogP contribution < -0.4 is 11.5 Å². The molecule has 0 aliphatic carbocycles. The van der Waals surface area contributed by atoms with E-state index < -0.39 is 0 Å². The molecule has 2 atom stereocenters. The van der Waals surface area contributed by atoms with Crippen LogP contribution in [0.1, 0.15) is 97.8 Å². The van der Waals surface area contributed by atoms with Crippen molar-refractivity contribution in [1.82, 2.24) is 4.90 Å². The zero-order valence-corrected chi connectivity index (χ0v) is 17.5. The zero-order chi connectivity index (χ0) is 18.8. The lowest BCUT2D eigenvalue weighted by atomic mass is 10.1. The molecule has 4 N–H and O–H groups in total. The molecule has 0 bridgehead atoms. The van der Waals surface area contributed by atoms with E-state index in [9.17, 15) is 0 Å². The summed E-state index contributed by atoms with van der Waals surface area (Å²) in [4.78, 5) is 2.43. The van der Waals surface area contributed by atoms with Gasteiger partial charge in [0.1, 0.15) is 0 Å². The van der Waals surface area contributed by atoms with Gasteiger partial charge in [0, 0.05) is 25.2 Å². The Labute approximate surface area is 158 Å². The number of allylic oxidation sites excluding steroid dienone is 2. The fourth-order valence-corrected chi connectivity index (χ4v) is 3.30. The lowest BCUT2D eigenvalue weighted by Gasteiger charge is -2.25. The second-order valence-electron chi connectivity index (χ2n) is 7.94. The Kier molecular flexibility index (Phi) is 18.1. The van der Waals surface area contributed by atoms with Crippen molar-refractivity contribution in [3.05, 3.63) is 12.2 Å². The maximum Gasteiger partial charge on any atom is 0.0139 e. The van der Waals surface area contributed by atoms with Crippen LogP contribution in [0.3, 0.4) is 0 Å². The second kappa shape index (κ2) is 18.4. The Morgan fingerprint density at radius 1 is 0.680 bits per heavy atom. The van der Waals surface area contributed by atoms with E-state index in [-0.39, 0.29) is 12.1 Å². The normalized spacial score (nSPS) is 14.5. The van der Waals surface area contributed by atoms with Crippen molar-refractivity contribution in [2.45, 2.75) is 110 Å². The first-order chi connectivity index (χ1) is 12.1. The molecule has 0 aliphatic heterocycles. The van der Waals surface area contributed by atoms with Gasteiger partial charge in [-0.3, -0.25) is 0 Å². The maximum absolute atomic E-state index is 5.93. The van der Waals surface area contributed by atoms with E-state index in [4.69, 9.17) is 11.5 Å². The first-order valence-corrected chi connectivity index (χ1v) is 10.9. The number of hydrogen-bond acceptors (Lipinski definition) is 3. The van der Waals surface area contributed by atoms with Crippen molar-refractivity contribution in [2.75, 3.05) is 19.6 Å². The predicted molar refractivity (Wildman–Crippen MR) is 114 cm³/mol. The van der Waals surface area contributed by atoms with Gasteiger partial charge in [-0.15, -0.1) is 0 Å². The maximum atomic E-state index is 5.93. The van der Waals surface area contributed by atoms with E-state index >= 15 is 0 Å². The first kappa shape index (κ1) is 24.6. The number of hydrogen-bond donors (Lipinski definition) is 2. The summed E-state index contributed by atoms with van der Waals surface area (Å²) < 4.78 is 0. The third-order valence-electron chi connectivity index (χ3n) is 4.58. The summed E-state index contributed by atoms with van der Waals surface area (Å²) in [5, 5.41) is 0. The fraction of sp³-hybridized carbons (Fsp3) is 0.909. The molecule has 150 valence electrons. The van der Waals surface area contributed by atoms with Crippen LogP contribution in [0.25, 0.3) is 0 Å². The van der Waals surface area contributed by atoms with Crippen LogP contribution >= 0.6 is 0 Å². The van der Waals surface area contributed by atoms with Crippen molar-refractivity contribution in [3.63, 3.8) is 0 Å². The zero-order valence-electron chi connectivity index (χ0n) is 17.5. The van der Waals surface area contributed by atoms with Crippen LogP contribution in [0.2, 0.25) is 0 Å². The number of rotatable bonds is 18. The second-order valence-corrected chi connectivity index (χ2v) is 7.94. The lowest BCUT2D eigenvalue weighted by molar-refractivity contribution is 0.244. The van der Waals surface area contributed by atoms with Crippen LogP contribution in [0, 0.1) is 0 Å². The third-order valence-corrected chi connectivity index (χ3v) is 4.58. The van der Waals surface area contributed by atoms with E-state index in [1.54, 1.807) is 0 Å². The van der Waals surface area contributed by atoms with E-state index in [0.717, 1.165) is 19.6 Å². The van der Waals surface area contributed by atoms with E-state index in [0.29, 0.717) is 0 Å². The van der Waals surface area contributed by atoms with Gasteiger partial charge in [-0.2, -0.15) is 0 Å². The van der Waals surface area contributed by atoms with Crippen molar-refractivity contribution >= 4 is 0 Å². The molecule has 3 nitrogen and oxygen atoms in total. The van der Waals surface area contributed by atoms with Crippen LogP contribution in [0.4, 0.5) is 0 Å². The summed E-state index contributed by atoms with van der Waals surface area (Å²) in [5.41, 5.74) is 11.9. The van der Waals surface area contributed by atoms with E-state index in [1.165, 1.54) is 77.0 Å². The summed E-state index contributed by atoms with van der Waals surface area (Å²) in [6.45, 7) is 9.49. The standard InChI is InChI=1S/C22H47N3/c1-4-5-6-7-8-9-10-11-12-13-14-15-16-17-18-25(19-21(2)23)20-22(3)24/h11-12,21-22H,4-10,13-20,23-24H2,1-3H3/b12-11+. The van der Waals surface area contributed by atoms with E-state index in [2.05, 4.69) is 37.8 Å². The lowest BCUT2D eigenvalue weighted by Crippen LogP contribution is -2.42. The Morgan fingerprint density at radius 3 is 1.60 bits per heavy atom. The highest BCUT2D eigenvalue weighted by Crippen LogP contribution is 2.09. The molecule has 0 aromatic rings. The monoisotopic (exact) mass is 353 g/mol. The highest BCUT2D eigenvalue weighted by Gasteiger charge is 2.09. The average Bonchev–Trinajstić information content (AvgIpc) is 2.54. The Balaban J connectivity index is 3.45.